The molecule has 2 aromatic rings. The third kappa shape index (κ3) is 1.99. The van der Waals surface area contributed by atoms with Crippen molar-refractivity contribution in [2.45, 2.75) is 6.54 Å². The first kappa shape index (κ1) is 10.5. The number of nitrogen functional groups attached to an aromatic ring is 2. The smallest absolute Gasteiger partial charge is 0.0396 e. The van der Waals surface area contributed by atoms with Gasteiger partial charge in [0.05, 0.1) is 0 Å². The molecule has 0 heterocycles. The molecule has 3 nitrogen and oxygen atoms in total. The minimum Gasteiger partial charge on any atom is -0.399 e. The van der Waals surface area contributed by atoms with Crippen LogP contribution in [-0.4, -0.2) is 0 Å². The largest absolute Gasteiger partial charge is 0.399 e. The summed E-state index contributed by atoms with van der Waals surface area (Å²) in [4.78, 5) is 0. The van der Waals surface area contributed by atoms with Crippen molar-refractivity contribution in [3.8, 4) is 11.1 Å². The molecule has 0 radical (unpaired) electrons. The van der Waals surface area contributed by atoms with Crippen LogP contribution in [0.25, 0.3) is 11.1 Å². The Morgan fingerprint density at radius 3 is 2.12 bits per heavy atom. The standard InChI is InChI=1S/C13H15N3/c14-8-9-1-6-12(13(16)7-9)10-2-4-11(15)5-3-10/h1-7H,8,14-16H2. The van der Waals surface area contributed by atoms with Gasteiger partial charge >= 0.3 is 0 Å². The van der Waals surface area contributed by atoms with Crippen LogP contribution in [-0.2, 0) is 6.54 Å². The highest BCUT2D eigenvalue weighted by atomic mass is 14.6. The van der Waals surface area contributed by atoms with Gasteiger partial charge in [-0.15, -0.1) is 0 Å². The van der Waals surface area contributed by atoms with Crippen molar-refractivity contribution in [3.05, 3.63) is 48.0 Å². The molecule has 0 amide bonds. The molecule has 0 unspecified atom stereocenters. The van der Waals surface area contributed by atoms with E-state index >= 15 is 0 Å². The van der Waals surface area contributed by atoms with E-state index in [0.29, 0.717) is 6.54 Å². The minimum atomic E-state index is 0.506. The quantitative estimate of drug-likeness (QED) is 0.667. The number of hydrogen-bond donors (Lipinski definition) is 3. The molecule has 0 atom stereocenters. The number of rotatable bonds is 2. The highest BCUT2D eigenvalue weighted by Crippen LogP contribution is 2.27. The number of nitrogens with two attached hydrogens (primary N) is 3. The van der Waals surface area contributed by atoms with Gasteiger partial charge in [-0.2, -0.15) is 0 Å². The van der Waals surface area contributed by atoms with Gasteiger partial charge in [-0.05, 0) is 29.3 Å². The Hall–Kier alpha value is -2.00. The predicted octanol–water partition coefficient (Wildman–Crippen LogP) is 1.98. The molecule has 0 saturated heterocycles. The lowest BCUT2D eigenvalue weighted by Crippen LogP contribution is -1.98. The van der Waals surface area contributed by atoms with Crippen LogP contribution in [0.15, 0.2) is 42.5 Å². The van der Waals surface area contributed by atoms with Gasteiger partial charge < -0.3 is 17.2 Å². The molecule has 0 aliphatic heterocycles. The molecule has 0 bridgehead atoms. The Balaban J connectivity index is 2.44. The van der Waals surface area contributed by atoms with Crippen LogP contribution in [0.1, 0.15) is 5.56 Å². The van der Waals surface area contributed by atoms with Crippen molar-refractivity contribution in [2.24, 2.45) is 5.73 Å². The van der Waals surface area contributed by atoms with Gasteiger partial charge in [0.15, 0.2) is 0 Å². The molecule has 82 valence electrons. The molecule has 0 aromatic heterocycles. The van der Waals surface area contributed by atoms with E-state index < -0.39 is 0 Å². The fourth-order valence-corrected chi connectivity index (χ4v) is 1.66. The number of anilines is 2. The first-order valence-electron chi connectivity index (χ1n) is 5.15. The summed E-state index contributed by atoms with van der Waals surface area (Å²) in [6.07, 6.45) is 0. The van der Waals surface area contributed by atoms with Crippen molar-refractivity contribution in [3.63, 3.8) is 0 Å². The molecule has 0 saturated carbocycles. The second-order valence-electron chi connectivity index (χ2n) is 3.75. The molecule has 6 N–H and O–H groups in total. The zero-order valence-corrected chi connectivity index (χ0v) is 8.98. The average molecular weight is 213 g/mol. The average Bonchev–Trinajstić information content (AvgIpc) is 2.30. The van der Waals surface area contributed by atoms with Gasteiger partial charge in [0.25, 0.3) is 0 Å². The highest BCUT2D eigenvalue weighted by Gasteiger charge is 2.02. The maximum absolute atomic E-state index is 5.98. The summed E-state index contributed by atoms with van der Waals surface area (Å²) in [6, 6.07) is 13.5. The zero-order chi connectivity index (χ0) is 11.5. The number of hydrogen-bond acceptors (Lipinski definition) is 3. The molecule has 0 fully saturated rings. The molecule has 16 heavy (non-hydrogen) atoms. The van der Waals surface area contributed by atoms with E-state index in [1.807, 2.05) is 42.5 Å². The fourth-order valence-electron chi connectivity index (χ4n) is 1.66. The summed E-state index contributed by atoms with van der Waals surface area (Å²) < 4.78 is 0. The molecule has 0 aliphatic rings. The Labute approximate surface area is 94.9 Å². The Morgan fingerprint density at radius 1 is 0.875 bits per heavy atom. The van der Waals surface area contributed by atoms with Crippen molar-refractivity contribution >= 4 is 11.4 Å². The monoisotopic (exact) mass is 213 g/mol. The summed E-state index contributed by atoms with van der Waals surface area (Å²) in [6.45, 7) is 0.506. The molecular formula is C13H15N3. The molecule has 2 aromatic carbocycles. The van der Waals surface area contributed by atoms with Gasteiger partial charge in [0.1, 0.15) is 0 Å². The van der Waals surface area contributed by atoms with E-state index in [2.05, 4.69) is 0 Å². The normalized spacial score (nSPS) is 10.3. The third-order valence-electron chi connectivity index (χ3n) is 2.57. The van der Waals surface area contributed by atoms with Crippen LogP contribution in [0.3, 0.4) is 0 Å². The van der Waals surface area contributed by atoms with E-state index in [1.54, 1.807) is 0 Å². The Morgan fingerprint density at radius 2 is 1.56 bits per heavy atom. The predicted molar refractivity (Wildman–Crippen MR) is 68.6 cm³/mol. The Kier molecular flexibility index (Phi) is 2.79. The zero-order valence-electron chi connectivity index (χ0n) is 8.98. The minimum absolute atomic E-state index is 0.506. The third-order valence-corrected chi connectivity index (χ3v) is 2.57. The van der Waals surface area contributed by atoms with Gasteiger partial charge in [-0.3, -0.25) is 0 Å². The van der Waals surface area contributed by atoms with Crippen LogP contribution >= 0.6 is 0 Å². The van der Waals surface area contributed by atoms with Crippen molar-refractivity contribution in [1.82, 2.24) is 0 Å². The summed E-state index contributed by atoms with van der Waals surface area (Å²) in [5.74, 6) is 0. The first-order valence-corrected chi connectivity index (χ1v) is 5.15. The van der Waals surface area contributed by atoms with Crippen LogP contribution in [0.4, 0.5) is 11.4 Å². The molecule has 2 rings (SSSR count). The second kappa shape index (κ2) is 4.24. The van der Waals surface area contributed by atoms with E-state index in [4.69, 9.17) is 17.2 Å². The Bertz CT molecular complexity index is 489. The maximum Gasteiger partial charge on any atom is 0.0396 e. The lowest BCUT2D eigenvalue weighted by Gasteiger charge is -2.08. The van der Waals surface area contributed by atoms with Crippen LogP contribution in [0, 0.1) is 0 Å². The van der Waals surface area contributed by atoms with Crippen molar-refractivity contribution < 1.29 is 0 Å². The van der Waals surface area contributed by atoms with Crippen LogP contribution in [0.2, 0.25) is 0 Å². The van der Waals surface area contributed by atoms with Gasteiger partial charge in [0, 0.05) is 23.5 Å². The fraction of sp³-hybridized carbons (Fsp3) is 0.0769. The molecule has 0 spiro atoms. The lowest BCUT2D eigenvalue weighted by atomic mass is 10.0. The SMILES string of the molecule is NCc1ccc(-c2ccc(N)cc2)c(N)c1. The summed E-state index contributed by atoms with van der Waals surface area (Å²) >= 11 is 0. The highest BCUT2D eigenvalue weighted by molar-refractivity contribution is 5.77. The summed E-state index contributed by atoms with van der Waals surface area (Å²) in [7, 11) is 0. The van der Waals surface area contributed by atoms with Crippen LogP contribution in [0.5, 0.6) is 0 Å². The molecule has 3 heteroatoms. The van der Waals surface area contributed by atoms with E-state index in [-0.39, 0.29) is 0 Å². The maximum atomic E-state index is 5.98. The van der Waals surface area contributed by atoms with Crippen molar-refractivity contribution in [2.75, 3.05) is 11.5 Å². The van der Waals surface area contributed by atoms with E-state index in [9.17, 15) is 0 Å². The molecule has 0 aliphatic carbocycles. The van der Waals surface area contributed by atoms with Crippen LogP contribution < -0.4 is 17.2 Å². The summed E-state index contributed by atoms with van der Waals surface area (Å²) in [5.41, 5.74) is 21.8. The van der Waals surface area contributed by atoms with Crippen molar-refractivity contribution in [1.29, 1.82) is 0 Å². The van der Waals surface area contributed by atoms with Gasteiger partial charge in [-0.25, -0.2) is 0 Å². The lowest BCUT2D eigenvalue weighted by molar-refractivity contribution is 1.07. The second-order valence-corrected chi connectivity index (χ2v) is 3.75. The first-order chi connectivity index (χ1) is 7.70. The topological polar surface area (TPSA) is 78.1 Å². The number of benzene rings is 2. The van der Waals surface area contributed by atoms with E-state index in [0.717, 1.165) is 28.1 Å². The van der Waals surface area contributed by atoms with Gasteiger partial charge in [-0.1, -0.05) is 24.3 Å². The molecular weight excluding hydrogens is 198 g/mol. The summed E-state index contributed by atoms with van der Waals surface area (Å²) in [5, 5.41) is 0. The van der Waals surface area contributed by atoms with E-state index in [1.165, 1.54) is 0 Å². The van der Waals surface area contributed by atoms with Gasteiger partial charge in [0.2, 0.25) is 0 Å².